The van der Waals surface area contributed by atoms with E-state index in [1.54, 1.807) is 6.92 Å². The van der Waals surface area contributed by atoms with Gasteiger partial charge in [-0.3, -0.25) is 14.7 Å². The van der Waals surface area contributed by atoms with Gasteiger partial charge >= 0.3 is 0 Å². The number of hydrogen-bond donors (Lipinski definition) is 1. The minimum absolute atomic E-state index is 0.168. The maximum absolute atomic E-state index is 11.4. The minimum atomic E-state index is 0.168. The molecule has 7 nitrogen and oxygen atoms in total. The molecule has 0 atom stereocenters. The van der Waals surface area contributed by atoms with E-state index in [0.717, 1.165) is 64.1 Å². The molecular formula is C20H33N5O2. The van der Waals surface area contributed by atoms with Crippen molar-refractivity contribution in [1.29, 1.82) is 0 Å². The third-order valence-electron chi connectivity index (χ3n) is 4.63. The fraction of sp³-hybridized carbons (Fsp3) is 0.600. The molecule has 2 rings (SSSR count). The minimum Gasteiger partial charge on any atom is -0.492 e. The van der Waals surface area contributed by atoms with Gasteiger partial charge in [-0.05, 0) is 19.1 Å². The second-order valence-electron chi connectivity index (χ2n) is 6.67. The van der Waals surface area contributed by atoms with Crippen LogP contribution in [0.1, 0.15) is 13.8 Å². The molecule has 1 aliphatic heterocycles. The van der Waals surface area contributed by atoms with Crippen LogP contribution in [0.5, 0.6) is 5.75 Å². The molecular weight excluding hydrogens is 342 g/mol. The summed E-state index contributed by atoms with van der Waals surface area (Å²) in [6, 6.07) is 9.85. The average Bonchev–Trinajstić information content (AvgIpc) is 2.68. The van der Waals surface area contributed by atoms with Crippen LogP contribution < -0.4 is 10.1 Å². The second-order valence-corrected chi connectivity index (χ2v) is 6.67. The molecule has 7 heteroatoms. The number of carbonyl (C=O) groups is 1. The molecule has 1 fully saturated rings. The fourth-order valence-electron chi connectivity index (χ4n) is 2.98. The first kappa shape index (κ1) is 21.0. The van der Waals surface area contributed by atoms with Gasteiger partial charge in [0.05, 0.1) is 13.1 Å². The Bertz CT molecular complexity index is 585. The van der Waals surface area contributed by atoms with Crippen molar-refractivity contribution in [2.45, 2.75) is 13.8 Å². The van der Waals surface area contributed by atoms with Gasteiger partial charge in [0, 0.05) is 53.2 Å². The molecule has 27 heavy (non-hydrogen) atoms. The Morgan fingerprint density at radius 2 is 1.93 bits per heavy atom. The van der Waals surface area contributed by atoms with E-state index in [2.05, 4.69) is 22.0 Å². The summed E-state index contributed by atoms with van der Waals surface area (Å²) in [5, 5.41) is 3.34. The molecule has 1 aromatic rings. The highest BCUT2D eigenvalue weighted by molar-refractivity contribution is 5.79. The van der Waals surface area contributed by atoms with Crippen molar-refractivity contribution in [3.63, 3.8) is 0 Å². The number of piperazine rings is 1. The van der Waals surface area contributed by atoms with Crippen LogP contribution in [0.4, 0.5) is 0 Å². The number of nitrogens with one attached hydrogen (secondary N) is 1. The monoisotopic (exact) mass is 375 g/mol. The van der Waals surface area contributed by atoms with Crippen molar-refractivity contribution in [3.05, 3.63) is 30.3 Å². The maximum atomic E-state index is 11.4. The van der Waals surface area contributed by atoms with Crippen LogP contribution in [0.3, 0.4) is 0 Å². The van der Waals surface area contributed by atoms with E-state index >= 15 is 0 Å². The lowest BCUT2D eigenvalue weighted by atomic mass is 10.3. The van der Waals surface area contributed by atoms with Gasteiger partial charge in [0.15, 0.2) is 5.96 Å². The third-order valence-corrected chi connectivity index (χ3v) is 4.63. The highest BCUT2D eigenvalue weighted by atomic mass is 16.5. The molecule has 0 saturated carbocycles. The zero-order valence-electron chi connectivity index (χ0n) is 16.9. The Kier molecular flexibility index (Phi) is 8.91. The van der Waals surface area contributed by atoms with Crippen molar-refractivity contribution < 1.29 is 9.53 Å². The molecule has 1 N–H and O–H groups in total. The molecule has 1 saturated heterocycles. The Morgan fingerprint density at radius 3 is 2.56 bits per heavy atom. The molecule has 0 bridgehead atoms. The van der Waals surface area contributed by atoms with E-state index in [9.17, 15) is 4.79 Å². The molecule has 0 spiro atoms. The third kappa shape index (κ3) is 7.46. The average molecular weight is 376 g/mol. The standard InChI is InChI=1S/C20H33N5O2/c1-4-21-20(23(3)16-17-27-19-8-6-5-7-9-19)22-10-11-24-12-14-25(15-13-24)18(2)26/h5-9H,4,10-17H2,1-3H3,(H,21,22). The number of ether oxygens (including phenoxy) is 1. The van der Waals surface area contributed by atoms with Crippen LogP contribution in [-0.2, 0) is 4.79 Å². The molecule has 1 amide bonds. The van der Waals surface area contributed by atoms with E-state index in [4.69, 9.17) is 9.73 Å². The highest BCUT2D eigenvalue weighted by Crippen LogP contribution is 2.07. The smallest absolute Gasteiger partial charge is 0.219 e. The molecule has 1 aliphatic rings. The molecule has 0 unspecified atom stereocenters. The first-order valence-corrected chi connectivity index (χ1v) is 9.75. The van der Waals surface area contributed by atoms with Gasteiger partial charge < -0.3 is 19.9 Å². The van der Waals surface area contributed by atoms with Gasteiger partial charge in [0.25, 0.3) is 0 Å². The molecule has 0 radical (unpaired) electrons. The number of benzene rings is 1. The summed E-state index contributed by atoms with van der Waals surface area (Å²) < 4.78 is 5.77. The Morgan fingerprint density at radius 1 is 1.22 bits per heavy atom. The van der Waals surface area contributed by atoms with Crippen molar-refractivity contribution >= 4 is 11.9 Å². The lowest BCUT2D eigenvalue weighted by Gasteiger charge is -2.33. The van der Waals surface area contributed by atoms with Gasteiger partial charge in [-0.2, -0.15) is 0 Å². The second kappa shape index (κ2) is 11.4. The summed E-state index contributed by atoms with van der Waals surface area (Å²) in [5.41, 5.74) is 0. The van der Waals surface area contributed by atoms with Crippen molar-refractivity contribution in [1.82, 2.24) is 20.0 Å². The summed E-state index contributed by atoms with van der Waals surface area (Å²) in [4.78, 5) is 22.5. The molecule has 1 aromatic carbocycles. The summed E-state index contributed by atoms with van der Waals surface area (Å²) in [7, 11) is 2.03. The van der Waals surface area contributed by atoms with Crippen molar-refractivity contribution in [3.8, 4) is 5.75 Å². The normalized spacial score (nSPS) is 15.5. The maximum Gasteiger partial charge on any atom is 0.219 e. The number of para-hydroxylation sites is 1. The van der Waals surface area contributed by atoms with Gasteiger partial charge in [-0.15, -0.1) is 0 Å². The SMILES string of the molecule is CCNC(=NCCN1CCN(C(C)=O)CC1)N(C)CCOc1ccccc1. The Balaban J connectivity index is 1.73. The van der Waals surface area contributed by atoms with Crippen molar-refractivity contribution in [2.75, 3.05) is 66.0 Å². The number of rotatable bonds is 8. The Hall–Kier alpha value is -2.28. The van der Waals surface area contributed by atoms with Gasteiger partial charge in [-0.25, -0.2) is 0 Å². The summed E-state index contributed by atoms with van der Waals surface area (Å²) in [5.74, 6) is 1.95. The number of amides is 1. The van der Waals surface area contributed by atoms with Gasteiger partial charge in [0.1, 0.15) is 12.4 Å². The predicted molar refractivity (Wildman–Crippen MR) is 109 cm³/mol. The number of hydrogen-bond acceptors (Lipinski definition) is 4. The van der Waals surface area contributed by atoms with Gasteiger partial charge in [0.2, 0.25) is 5.91 Å². The largest absolute Gasteiger partial charge is 0.492 e. The van der Waals surface area contributed by atoms with E-state index in [-0.39, 0.29) is 5.91 Å². The fourth-order valence-corrected chi connectivity index (χ4v) is 2.98. The number of carbonyl (C=O) groups excluding carboxylic acids is 1. The zero-order chi connectivity index (χ0) is 19.5. The van der Waals surface area contributed by atoms with Crippen LogP contribution >= 0.6 is 0 Å². The molecule has 1 heterocycles. The van der Waals surface area contributed by atoms with Gasteiger partial charge in [-0.1, -0.05) is 18.2 Å². The lowest BCUT2D eigenvalue weighted by Crippen LogP contribution is -2.48. The number of aliphatic imine (C=N–C) groups is 1. The van der Waals surface area contributed by atoms with Crippen molar-refractivity contribution in [2.24, 2.45) is 4.99 Å². The zero-order valence-corrected chi connectivity index (χ0v) is 16.9. The van der Waals surface area contributed by atoms with Crippen LogP contribution in [0, 0.1) is 0 Å². The number of guanidine groups is 1. The molecule has 0 aliphatic carbocycles. The molecule has 150 valence electrons. The molecule has 0 aromatic heterocycles. The van der Waals surface area contributed by atoms with Crippen LogP contribution in [0.15, 0.2) is 35.3 Å². The Labute approximate surface area is 163 Å². The first-order chi connectivity index (χ1) is 13.1. The predicted octanol–water partition coefficient (Wildman–Crippen LogP) is 1.13. The summed E-state index contributed by atoms with van der Waals surface area (Å²) >= 11 is 0. The van der Waals surface area contributed by atoms with Crippen LogP contribution in [-0.4, -0.2) is 92.6 Å². The quantitative estimate of drug-likeness (QED) is 0.545. The van der Waals surface area contributed by atoms with E-state index in [1.165, 1.54) is 0 Å². The van der Waals surface area contributed by atoms with Crippen LogP contribution in [0.25, 0.3) is 0 Å². The highest BCUT2D eigenvalue weighted by Gasteiger charge is 2.17. The van der Waals surface area contributed by atoms with Crippen LogP contribution in [0.2, 0.25) is 0 Å². The first-order valence-electron chi connectivity index (χ1n) is 9.75. The number of nitrogens with zero attached hydrogens (tertiary/aromatic N) is 4. The van der Waals surface area contributed by atoms with E-state index in [1.807, 2.05) is 42.3 Å². The summed E-state index contributed by atoms with van der Waals surface area (Å²) in [6.45, 7) is 11.0. The topological polar surface area (TPSA) is 60.4 Å². The van der Waals surface area contributed by atoms with E-state index in [0.29, 0.717) is 6.61 Å². The van der Waals surface area contributed by atoms with E-state index < -0.39 is 0 Å². The number of likely N-dealkylation sites (N-methyl/N-ethyl adjacent to an activating group) is 1. The lowest BCUT2D eigenvalue weighted by molar-refractivity contribution is -0.130. The summed E-state index contributed by atoms with van der Waals surface area (Å²) in [6.07, 6.45) is 0.